The molecule has 0 aliphatic heterocycles. The van der Waals surface area contributed by atoms with Gasteiger partial charge in [0.1, 0.15) is 0 Å². The van der Waals surface area contributed by atoms with Crippen LogP contribution in [0, 0.1) is 0 Å². The topological polar surface area (TPSA) is 30.0 Å². The third kappa shape index (κ3) is 4.21. The van der Waals surface area contributed by atoms with Gasteiger partial charge >= 0.3 is 0 Å². The highest BCUT2D eigenvalue weighted by Crippen LogP contribution is 2.18. The summed E-state index contributed by atoms with van der Waals surface area (Å²) >= 11 is 1.55. The number of carbonyl (C=O) groups is 1. The summed E-state index contributed by atoms with van der Waals surface area (Å²) in [6, 6.07) is 11.8. The minimum absolute atomic E-state index is 0.171. The van der Waals surface area contributed by atoms with E-state index in [-0.39, 0.29) is 5.78 Å². The number of hydrogen-bond acceptors (Lipinski definition) is 3. The highest BCUT2D eigenvalue weighted by atomic mass is 32.2. The van der Waals surface area contributed by atoms with Crippen LogP contribution in [0.3, 0.4) is 0 Å². The predicted octanol–water partition coefficient (Wildman–Crippen LogP) is 4.01. The van der Waals surface area contributed by atoms with Crippen molar-refractivity contribution in [2.24, 2.45) is 0 Å². The normalized spacial score (nSPS) is 10.4. The minimum Gasteiger partial charge on any atom is -0.293 e. The molecule has 0 radical (unpaired) electrons. The van der Waals surface area contributed by atoms with Crippen LogP contribution >= 0.6 is 11.8 Å². The van der Waals surface area contributed by atoms with E-state index < -0.39 is 0 Å². The SMILES string of the molecule is CCCc1ccc(C(=O)CSc2ccncc2)cc1. The Hall–Kier alpha value is -1.61. The van der Waals surface area contributed by atoms with Crippen LogP contribution in [0.5, 0.6) is 0 Å². The van der Waals surface area contributed by atoms with Gasteiger partial charge in [-0.1, -0.05) is 37.6 Å². The van der Waals surface area contributed by atoms with Gasteiger partial charge in [-0.15, -0.1) is 11.8 Å². The maximum atomic E-state index is 12.1. The fraction of sp³-hybridized carbons (Fsp3) is 0.250. The zero-order valence-electron chi connectivity index (χ0n) is 11.0. The number of benzene rings is 1. The van der Waals surface area contributed by atoms with E-state index in [1.165, 1.54) is 5.56 Å². The lowest BCUT2D eigenvalue weighted by Gasteiger charge is -2.03. The van der Waals surface area contributed by atoms with Crippen molar-refractivity contribution in [2.45, 2.75) is 24.7 Å². The summed E-state index contributed by atoms with van der Waals surface area (Å²) in [5.41, 5.74) is 2.09. The van der Waals surface area contributed by atoms with Crippen molar-refractivity contribution in [1.29, 1.82) is 0 Å². The highest BCUT2D eigenvalue weighted by Gasteiger charge is 2.06. The first-order valence-electron chi connectivity index (χ1n) is 6.44. The quantitative estimate of drug-likeness (QED) is 0.587. The summed E-state index contributed by atoms with van der Waals surface area (Å²) in [7, 11) is 0. The fourth-order valence-corrected chi connectivity index (χ4v) is 2.59. The van der Waals surface area contributed by atoms with Gasteiger partial charge in [-0.25, -0.2) is 0 Å². The molecule has 3 heteroatoms. The van der Waals surface area contributed by atoms with E-state index in [0.717, 1.165) is 23.3 Å². The molecular weight excluding hydrogens is 254 g/mol. The van der Waals surface area contributed by atoms with Gasteiger partial charge in [0, 0.05) is 22.9 Å². The number of pyridine rings is 1. The Kier molecular flexibility index (Phi) is 5.16. The summed E-state index contributed by atoms with van der Waals surface area (Å²) < 4.78 is 0. The van der Waals surface area contributed by atoms with Gasteiger partial charge in [-0.05, 0) is 24.1 Å². The second kappa shape index (κ2) is 7.10. The average Bonchev–Trinajstić information content (AvgIpc) is 2.47. The van der Waals surface area contributed by atoms with E-state index in [0.29, 0.717) is 5.75 Å². The van der Waals surface area contributed by atoms with E-state index in [1.54, 1.807) is 24.2 Å². The lowest BCUT2D eigenvalue weighted by Crippen LogP contribution is -2.02. The number of thioether (sulfide) groups is 1. The van der Waals surface area contributed by atoms with Crippen LogP contribution in [-0.2, 0) is 6.42 Å². The van der Waals surface area contributed by atoms with Crippen molar-refractivity contribution in [1.82, 2.24) is 4.98 Å². The van der Waals surface area contributed by atoms with Gasteiger partial charge in [0.2, 0.25) is 0 Å². The third-order valence-corrected chi connectivity index (χ3v) is 3.85. The molecule has 2 nitrogen and oxygen atoms in total. The number of Topliss-reactive ketones (excluding diaryl/α,β-unsaturated/α-hetero) is 1. The number of ketones is 1. The maximum Gasteiger partial charge on any atom is 0.173 e. The van der Waals surface area contributed by atoms with E-state index in [1.807, 2.05) is 36.4 Å². The van der Waals surface area contributed by atoms with Gasteiger partial charge < -0.3 is 0 Å². The molecule has 0 aliphatic carbocycles. The average molecular weight is 271 g/mol. The molecule has 0 spiro atoms. The Morgan fingerprint density at radius 3 is 2.42 bits per heavy atom. The van der Waals surface area contributed by atoms with Crippen molar-refractivity contribution in [2.75, 3.05) is 5.75 Å². The number of nitrogens with zero attached hydrogens (tertiary/aromatic N) is 1. The van der Waals surface area contributed by atoms with Crippen LogP contribution in [-0.4, -0.2) is 16.5 Å². The largest absolute Gasteiger partial charge is 0.293 e. The molecule has 1 aromatic carbocycles. The van der Waals surface area contributed by atoms with Crippen LogP contribution in [0.25, 0.3) is 0 Å². The van der Waals surface area contributed by atoms with Crippen molar-refractivity contribution in [3.05, 3.63) is 59.9 Å². The van der Waals surface area contributed by atoms with Crippen LogP contribution in [0.1, 0.15) is 29.3 Å². The number of aromatic nitrogens is 1. The zero-order valence-corrected chi connectivity index (χ0v) is 11.8. The molecular formula is C16H17NOS. The van der Waals surface area contributed by atoms with Gasteiger partial charge in [-0.2, -0.15) is 0 Å². The number of aryl methyl sites for hydroxylation is 1. The third-order valence-electron chi connectivity index (χ3n) is 2.83. The second-order valence-corrected chi connectivity index (χ2v) is 5.39. The van der Waals surface area contributed by atoms with Crippen molar-refractivity contribution in [3.8, 4) is 0 Å². The molecule has 1 aromatic heterocycles. The first-order valence-corrected chi connectivity index (χ1v) is 7.43. The number of rotatable bonds is 6. The van der Waals surface area contributed by atoms with Crippen molar-refractivity contribution in [3.63, 3.8) is 0 Å². The maximum absolute atomic E-state index is 12.1. The lowest BCUT2D eigenvalue weighted by molar-refractivity contribution is 0.102. The molecule has 0 saturated heterocycles. The molecule has 0 aliphatic rings. The number of carbonyl (C=O) groups excluding carboxylic acids is 1. The van der Waals surface area contributed by atoms with Gasteiger partial charge in [-0.3, -0.25) is 9.78 Å². The summed E-state index contributed by atoms with van der Waals surface area (Å²) in [5, 5.41) is 0. The first-order chi connectivity index (χ1) is 9.29. The molecule has 0 bridgehead atoms. The molecule has 2 aromatic rings. The van der Waals surface area contributed by atoms with Gasteiger partial charge in [0.15, 0.2) is 5.78 Å². The second-order valence-electron chi connectivity index (χ2n) is 4.34. The smallest absolute Gasteiger partial charge is 0.173 e. The monoisotopic (exact) mass is 271 g/mol. The van der Waals surface area contributed by atoms with Crippen LogP contribution < -0.4 is 0 Å². The Morgan fingerprint density at radius 2 is 1.79 bits per heavy atom. The number of hydrogen-bond donors (Lipinski definition) is 0. The molecule has 0 unspecified atom stereocenters. The summed E-state index contributed by atoms with van der Waals surface area (Å²) in [6.07, 6.45) is 5.68. The van der Waals surface area contributed by atoms with Crippen LogP contribution in [0.15, 0.2) is 53.7 Å². The Morgan fingerprint density at radius 1 is 1.11 bits per heavy atom. The van der Waals surface area contributed by atoms with Crippen LogP contribution in [0.2, 0.25) is 0 Å². The van der Waals surface area contributed by atoms with Crippen molar-refractivity contribution >= 4 is 17.5 Å². The molecule has 0 atom stereocenters. The molecule has 98 valence electrons. The molecule has 0 amide bonds. The zero-order chi connectivity index (χ0) is 13.5. The summed E-state index contributed by atoms with van der Waals surface area (Å²) in [4.78, 5) is 17.1. The fourth-order valence-electron chi connectivity index (χ4n) is 1.81. The summed E-state index contributed by atoms with van der Waals surface area (Å²) in [6.45, 7) is 2.16. The van der Waals surface area contributed by atoms with Crippen LogP contribution in [0.4, 0.5) is 0 Å². The molecule has 0 N–H and O–H groups in total. The molecule has 2 rings (SSSR count). The standard InChI is InChI=1S/C16H17NOS/c1-2-3-13-4-6-14(7-5-13)16(18)12-19-15-8-10-17-11-9-15/h4-11H,2-3,12H2,1H3. The molecule has 1 heterocycles. The predicted molar refractivity (Wildman–Crippen MR) is 79.7 cm³/mol. The Balaban J connectivity index is 1.92. The van der Waals surface area contributed by atoms with E-state index in [4.69, 9.17) is 0 Å². The minimum atomic E-state index is 0.171. The van der Waals surface area contributed by atoms with E-state index >= 15 is 0 Å². The molecule has 0 saturated carbocycles. The summed E-state index contributed by atoms with van der Waals surface area (Å²) in [5.74, 6) is 0.641. The van der Waals surface area contributed by atoms with E-state index in [2.05, 4.69) is 11.9 Å². The van der Waals surface area contributed by atoms with Crippen molar-refractivity contribution < 1.29 is 4.79 Å². The highest BCUT2D eigenvalue weighted by molar-refractivity contribution is 8.00. The Bertz CT molecular complexity index is 522. The van der Waals surface area contributed by atoms with Gasteiger partial charge in [0.25, 0.3) is 0 Å². The molecule has 19 heavy (non-hydrogen) atoms. The lowest BCUT2D eigenvalue weighted by atomic mass is 10.1. The molecule has 0 fully saturated rings. The van der Waals surface area contributed by atoms with Gasteiger partial charge in [0.05, 0.1) is 5.75 Å². The first kappa shape index (κ1) is 13.8. The Labute approximate surface area is 118 Å². The van der Waals surface area contributed by atoms with E-state index in [9.17, 15) is 4.79 Å².